The summed E-state index contributed by atoms with van der Waals surface area (Å²) in [6, 6.07) is 12.7. The molecule has 1 saturated heterocycles. The molecule has 3 heterocycles. The summed E-state index contributed by atoms with van der Waals surface area (Å²) in [5, 5.41) is 14.0. The number of amides is 6. The Labute approximate surface area is 275 Å². The van der Waals surface area contributed by atoms with Crippen LogP contribution in [0.2, 0.25) is 0 Å². The average Bonchev–Trinajstić information content (AvgIpc) is 3.49. The van der Waals surface area contributed by atoms with Crippen molar-refractivity contribution in [3.63, 3.8) is 0 Å². The van der Waals surface area contributed by atoms with Gasteiger partial charge < -0.3 is 31.5 Å². The van der Waals surface area contributed by atoms with Crippen molar-refractivity contribution in [2.45, 2.75) is 90.0 Å². The topological polar surface area (TPSA) is 166 Å². The molecule has 0 saturated carbocycles. The van der Waals surface area contributed by atoms with E-state index >= 15 is 0 Å². The molecule has 252 valence electrons. The van der Waals surface area contributed by atoms with E-state index in [1.807, 2.05) is 44.2 Å². The second-order valence-corrected chi connectivity index (χ2v) is 12.8. The molecule has 2 aromatic rings. The van der Waals surface area contributed by atoms with Crippen molar-refractivity contribution in [1.82, 2.24) is 31.5 Å². The highest BCUT2D eigenvalue weighted by Gasteiger charge is 2.32. The van der Waals surface area contributed by atoms with E-state index in [0.717, 1.165) is 11.1 Å². The maximum absolute atomic E-state index is 13.7. The summed E-state index contributed by atoms with van der Waals surface area (Å²) in [5.74, 6) is -2.11. The van der Waals surface area contributed by atoms with Crippen LogP contribution in [0.25, 0.3) is 0 Å². The Bertz CT molecular complexity index is 1430. The highest BCUT2D eigenvalue weighted by atomic mass is 16.2. The first-order valence-electron chi connectivity index (χ1n) is 16.4. The zero-order chi connectivity index (χ0) is 33.9. The number of carbonyl (C=O) groups is 6. The van der Waals surface area contributed by atoms with E-state index in [2.05, 4.69) is 26.6 Å². The fourth-order valence-corrected chi connectivity index (χ4v) is 5.72. The van der Waals surface area contributed by atoms with Crippen LogP contribution in [0.5, 0.6) is 0 Å². The minimum absolute atomic E-state index is 0.0572. The van der Waals surface area contributed by atoms with Crippen molar-refractivity contribution in [3.05, 3.63) is 71.3 Å². The number of hydrogen-bond donors (Lipinski definition) is 5. The summed E-state index contributed by atoms with van der Waals surface area (Å²) in [7, 11) is 0. The Hall–Kier alpha value is -4.74. The molecule has 0 unspecified atom stereocenters. The van der Waals surface area contributed by atoms with Crippen LogP contribution in [0.4, 0.5) is 0 Å². The summed E-state index contributed by atoms with van der Waals surface area (Å²) >= 11 is 0. The molecule has 2 aromatic carbocycles. The van der Waals surface area contributed by atoms with Gasteiger partial charge >= 0.3 is 0 Å². The van der Waals surface area contributed by atoms with Gasteiger partial charge in [-0.15, -0.1) is 0 Å². The molecular formula is C35H46N6O6. The fraction of sp³-hybridized carbons (Fsp3) is 0.486. The smallest absolute Gasteiger partial charge is 0.251 e. The third-order valence-electron chi connectivity index (χ3n) is 8.35. The number of fused-ring (bicyclic) bond motifs is 18. The molecule has 3 aliphatic rings. The van der Waals surface area contributed by atoms with Crippen molar-refractivity contribution < 1.29 is 28.8 Å². The molecule has 6 amide bonds. The number of rotatable bonds is 5. The van der Waals surface area contributed by atoms with Gasteiger partial charge in [0.2, 0.25) is 29.5 Å². The van der Waals surface area contributed by atoms with Gasteiger partial charge in [-0.2, -0.15) is 0 Å². The van der Waals surface area contributed by atoms with Gasteiger partial charge in [0, 0.05) is 38.0 Å². The van der Waals surface area contributed by atoms with E-state index in [0.29, 0.717) is 50.8 Å². The van der Waals surface area contributed by atoms with Crippen LogP contribution in [0.3, 0.4) is 0 Å². The lowest BCUT2D eigenvalue weighted by Crippen LogP contribution is -2.57. The zero-order valence-electron chi connectivity index (χ0n) is 27.3. The number of hydrogen-bond acceptors (Lipinski definition) is 6. The van der Waals surface area contributed by atoms with Gasteiger partial charge in [-0.05, 0) is 61.8 Å². The minimum atomic E-state index is -0.989. The van der Waals surface area contributed by atoms with Crippen molar-refractivity contribution in [1.29, 1.82) is 0 Å². The van der Waals surface area contributed by atoms with E-state index in [-0.39, 0.29) is 36.6 Å². The first-order chi connectivity index (χ1) is 22.5. The molecule has 47 heavy (non-hydrogen) atoms. The summed E-state index contributed by atoms with van der Waals surface area (Å²) in [6.45, 7) is 6.47. The maximum Gasteiger partial charge on any atom is 0.251 e. The van der Waals surface area contributed by atoms with Gasteiger partial charge in [0.25, 0.3) is 5.91 Å². The van der Waals surface area contributed by atoms with Crippen molar-refractivity contribution in [2.24, 2.45) is 5.92 Å². The summed E-state index contributed by atoms with van der Waals surface area (Å²) in [4.78, 5) is 80.2. The van der Waals surface area contributed by atoms with Crippen molar-refractivity contribution in [3.8, 4) is 0 Å². The van der Waals surface area contributed by atoms with Crippen LogP contribution in [0, 0.1) is 5.92 Å². The lowest BCUT2D eigenvalue weighted by atomic mass is 10.0. The third-order valence-corrected chi connectivity index (χ3v) is 8.35. The highest BCUT2D eigenvalue weighted by Crippen LogP contribution is 2.16. The van der Waals surface area contributed by atoms with Gasteiger partial charge in [-0.3, -0.25) is 28.8 Å². The first kappa shape index (κ1) is 35.1. The fourth-order valence-electron chi connectivity index (χ4n) is 5.72. The number of carbonyl (C=O) groups excluding carboxylic acids is 6. The van der Waals surface area contributed by atoms with E-state index in [4.69, 9.17) is 0 Å². The Morgan fingerprint density at radius 1 is 0.830 bits per heavy atom. The van der Waals surface area contributed by atoms with E-state index < -0.39 is 41.9 Å². The molecule has 0 aromatic heterocycles. The minimum Gasteiger partial charge on any atom is -0.354 e. The van der Waals surface area contributed by atoms with E-state index in [1.54, 1.807) is 36.1 Å². The second-order valence-electron chi connectivity index (χ2n) is 12.8. The van der Waals surface area contributed by atoms with Crippen molar-refractivity contribution >= 4 is 35.4 Å². The maximum atomic E-state index is 13.7. The van der Waals surface area contributed by atoms with Crippen LogP contribution in [0.15, 0.2) is 54.6 Å². The molecule has 12 nitrogen and oxygen atoms in total. The SMILES string of the molecule is CC(C)C[C@@H]1NC(=O)[C@@H](Cc2ccccc2)NC(=O)c2ccc(cc2)CN(C(=O)[C@@H]2CCC(=O)N2)CCCCNC(=O)[C@@H](C)NC1=O. The van der Waals surface area contributed by atoms with Gasteiger partial charge in [0.1, 0.15) is 24.2 Å². The Balaban J connectivity index is 1.60. The molecule has 0 spiro atoms. The first-order valence-corrected chi connectivity index (χ1v) is 16.4. The van der Waals surface area contributed by atoms with Crippen molar-refractivity contribution in [2.75, 3.05) is 13.1 Å². The van der Waals surface area contributed by atoms with Gasteiger partial charge in [0.05, 0.1) is 0 Å². The van der Waals surface area contributed by atoms with E-state index in [9.17, 15) is 28.8 Å². The normalized spacial score (nSPS) is 23.7. The number of nitrogens with one attached hydrogen (secondary N) is 5. The molecule has 5 N–H and O–H groups in total. The second kappa shape index (κ2) is 16.7. The Kier molecular flexibility index (Phi) is 12.5. The van der Waals surface area contributed by atoms with E-state index in [1.165, 1.54) is 0 Å². The molecule has 12 heteroatoms. The molecular weight excluding hydrogens is 600 g/mol. The largest absolute Gasteiger partial charge is 0.354 e. The predicted octanol–water partition coefficient (Wildman–Crippen LogP) is 1.58. The van der Waals surface area contributed by atoms with Crippen LogP contribution in [0.1, 0.15) is 74.4 Å². The van der Waals surface area contributed by atoms with Gasteiger partial charge in [0.15, 0.2) is 0 Å². The number of benzene rings is 2. The van der Waals surface area contributed by atoms with Crippen LogP contribution in [-0.4, -0.2) is 77.6 Å². The molecule has 2 bridgehead atoms. The van der Waals surface area contributed by atoms with Crippen LogP contribution < -0.4 is 26.6 Å². The lowest BCUT2D eigenvalue weighted by molar-refractivity contribution is -0.135. The average molecular weight is 647 g/mol. The lowest BCUT2D eigenvalue weighted by Gasteiger charge is -2.26. The molecule has 0 aliphatic carbocycles. The van der Waals surface area contributed by atoms with Crippen LogP contribution >= 0.6 is 0 Å². The monoisotopic (exact) mass is 646 g/mol. The zero-order valence-corrected chi connectivity index (χ0v) is 27.3. The molecule has 4 atom stereocenters. The molecule has 3 aliphatic heterocycles. The van der Waals surface area contributed by atoms with Gasteiger partial charge in [-0.1, -0.05) is 56.3 Å². The Morgan fingerprint density at radius 3 is 2.19 bits per heavy atom. The number of nitrogens with zero attached hydrogens (tertiary/aromatic N) is 1. The molecule has 5 rings (SSSR count). The summed E-state index contributed by atoms with van der Waals surface area (Å²) in [6.07, 6.45) is 2.44. The quantitative estimate of drug-likeness (QED) is 0.310. The summed E-state index contributed by atoms with van der Waals surface area (Å²) in [5.41, 5.74) is 1.96. The van der Waals surface area contributed by atoms with Gasteiger partial charge in [-0.25, -0.2) is 0 Å². The third kappa shape index (κ3) is 10.4. The molecule has 0 radical (unpaired) electrons. The standard InChI is InChI=1S/C35H46N6O6/c1-22(2)19-28-33(45)37-23(3)31(43)36-17-7-8-18-41(35(47)27-15-16-30(42)38-27)21-25-11-13-26(14-12-25)32(44)39-29(34(46)40-28)20-24-9-5-4-6-10-24/h4-6,9-14,22-23,27-29H,7-8,15-21H2,1-3H3,(H,36,43)(H,37,45)(H,38,42)(H,39,44)(H,40,46)/t23-,27+,28+,29-/m1/s1. The molecule has 1 fully saturated rings. The highest BCUT2D eigenvalue weighted by molar-refractivity contribution is 5.99. The van der Waals surface area contributed by atoms with Crippen LogP contribution in [-0.2, 0) is 36.9 Å². The Morgan fingerprint density at radius 2 is 1.53 bits per heavy atom. The predicted molar refractivity (Wildman–Crippen MR) is 176 cm³/mol. The summed E-state index contributed by atoms with van der Waals surface area (Å²) < 4.78 is 0.